The number of imidazole rings is 1. The molecule has 0 radical (unpaired) electrons. The van der Waals surface area contributed by atoms with Crippen LogP contribution in [0.15, 0.2) is 36.5 Å². The number of nitrogens with one attached hydrogen (secondary N) is 2. The third-order valence-electron chi connectivity index (χ3n) is 3.24. The van der Waals surface area contributed by atoms with E-state index < -0.39 is 6.10 Å². The van der Waals surface area contributed by atoms with Gasteiger partial charge in [0.25, 0.3) is 0 Å². The first-order valence-corrected chi connectivity index (χ1v) is 7.14. The number of benzene rings is 1. The molecule has 2 rings (SSSR count). The van der Waals surface area contributed by atoms with Crippen molar-refractivity contribution in [3.8, 4) is 11.3 Å². The SMILES string of the molecule is CCO[C@H](C)C(=O)N[C@H](C)c1ncc(-c2ccccc2)[nH]1. The van der Waals surface area contributed by atoms with Crippen LogP contribution in [0.1, 0.15) is 32.6 Å². The van der Waals surface area contributed by atoms with Gasteiger partial charge >= 0.3 is 0 Å². The van der Waals surface area contributed by atoms with Crippen molar-refractivity contribution in [2.75, 3.05) is 6.61 Å². The molecule has 0 saturated carbocycles. The fourth-order valence-corrected chi connectivity index (χ4v) is 2.05. The van der Waals surface area contributed by atoms with Crippen LogP contribution in [0.2, 0.25) is 0 Å². The first-order valence-electron chi connectivity index (χ1n) is 7.14. The Hall–Kier alpha value is -2.14. The zero-order chi connectivity index (χ0) is 15.2. The van der Waals surface area contributed by atoms with Gasteiger partial charge in [-0.15, -0.1) is 0 Å². The molecule has 2 aromatic rings. The number of hydrogen-bond acceptors (Lipinski definition) is 3. The molecule has 2 atom stereocenters. The molecule has 2 N–H and O–H groups in total. The largest absolute Gasteiger partial charge is 0.369 e. The molecular formula is C16H21N3O2. The van der Waals surface area contributed by atoms with E-state index in [2.05, 4.69) is 15.3 Å². The van der Waals surface area contributed by atoms with Crippen LogP contribution >= 0.6 is 0 Å². The molecule has 0 bridgehead atoms. The standard InChI is InChI=1S/C16H21N3O2/c1-4-21-12(3)16(20)18-11(2)15-17-10-14(19-15)13-8-6-5-7-9-13/h5-12H,4H2,1-3H3,(H,17,19)(H,18,20)/t11-,12-/m1/s1. The molecule has 0 fully saturated rings. The van der Waals surface area contributed by atoms with E-state index in [9.17, 15) is 4.79 Å². The summed E-state index contributed by atoms with van der Waals surface area (Å²) in [4.78, 5) is 19.5. The summed E-state index contributed by atoms with van der Waals surface area (Å²) in [5.74, 6) is 0.591. The summed E-state index contributed by atoms with van der Waals surface area (Å²) in [6.45, 7) is 6.01. The number of aromatic amines is 1. The molecule has 1 heterocycles. The fraction of sp³-hybridized carbons (Fsp3) is 0.375. The van der Waals surface area contributed by atoms with Crippen molar-refractivity contribution in [2.24, 2.45) is 0 Å². The molecule has 1 aromatic carbocycles. The number of H-pyrrole nitrogens is 1. The topological polar surface area (TPSA) is 67.0 Å². The van der Waals surface area contributed by atoms with Gasteiger partial charge in [0.1, 0.15) is 11.9 Å². The van der Waals surface area contributed by atoms with Gasteiger partial charge in [-0.2, -0.15) is 0 Å². The fourth-order valence-electron chi connectivity index (χ4n) is 2.05. The molecular weight excluding hydrogens is 266 g/mol. The third kappa shape index (κ3) is 3.92. The van der Waals surface area contributed by atoms with E-state index in [1.807, 2.05) is 44.2 Å². The molecule has 0 aliphatic carbocycles. The Morgan fingerprint density at radius 1 is 1.33 bits per heavy atom. The number of amides is 1. The van der Waals surface area contributed by atoms with Gasteiger partial charge in [-0.3, -0.25) is 4.79 Å². The summed E-state index contributed by atoms with van der Waals surface area (Å²) in [6, 6.07) is 9.75. The van der Waals surface area contributed by atoms with Crippen molar-refractivity contribution in [1.29, 1.82) is 0 Å². The minimum atomic E-state index is -0.457. The lowest BCUT2D eigenvalue weighted by atomic mass is 10.2. The van der Waals surface area contributed by atoms with Crippen molar-refractivity contribution in [1.82, 2.24) is 15.3 Å². The van der Waals surface area contributed by atoms with Crippen molar-refractivity contribution in [3.63, 3.8) is 0 Å². The van der Waals surface area contributed by atoms with Gasteiger partial charge in [-0.1, -0.05) is 30.3 Å². The van der Waals surface area contributed by atoms with Gasteiger partial charge in [0.05, 0.1) is 17.9 Å². The van der Waals surface area contributed by atoms with Gasteiger partial charge in [-0.05, 0) is 26.3 Å². The molecule has 0 unspecified atom stereocenters. The Balaban J connectivity index is 2.02. The number of nitrogens with zero attached hydrogens (tertiary/aromatic N) is 1. The smallest absolute Gasteiger partial charge is 0.249 e. The maximum absolute atomic E-state index is 11.9. The molecule has 1 amide bonds. The second-order valence-electron chi connectivity index (χ2n) is 4.88. The zero-order valence-corrected chi connectivity index (χ0v) is 12.6. The number of hydrogen-bond donors (Lipinski definition) is 2. The molecule has 0 spiro atoms. The van der Waals surface area contributed by atoms with E-state index in [0.717, 1.165) is 17.1 Å². The average molecular weight is 287 g/mol. The first kappa shape index (κ1) is 15.3. The van der Waals surface area contributed by atoms with Crippen LogP contribution in [-0.2, 0) is 9.53 Å². The molecule has 112 valence electrons. The van der Waals surface area contributed by atoms with E-state index in [0.29, 0.717) is 6.61 Å². The lowest BCUT2D eigenvalue weighted by molar-refractivity contribution is -0.132. The highest BCUT2D eigenvalue weighted by Crippen LogP contribution is 2.18. The zero-order valence-electron chi connectivity index (χ0n) is 12.6. The van der Waals surface area contributed by atoms with E-state index in [4.69, 9.17) is 4.74 Å². The first-order chi connectivity index (χ1) is 10.1. The van der Waals surface area contributed by atoms with Crippen LogP contribution < -0.4 is 5.32 Å². The minimum absolute atomic E-state index is 0.137. The average Bonchev–Trinajstić information content (AvgIpc) is 2.98. The van der Waals surface area contributed by atoms with Crippen molar-refractivity contribution in [3.05, 3.63) is 42.4 Å². The number of carbonyl (C=O) groups is 1. The number of aromatic nitrogens is 2. The lowest BCUT2D eigenvalue weighted by Crippen LogP contribution is -2.36. The quantitative estimate of drug-likeness (QED) is 0.858. The number of carbonyl (C=O) groups excluding carboxylic acids is 1. The molecule has 0 aliphatic heterocycles. The van der Waals surface area contributed by atoms with Gasteiger partial charge in [-0.25, -0.2) is 4.98 Å². The van der Waals surface area contributed by atoms with E-state index >= 15 is 0 Å². The van der Waals surface area contributed by atoms with Crippen molar-refractivity contribution >= 4 is 5.91 Å². The predicted molar refractivity (Wildman–Crippen MR) is 81.7 cm³/mol. The summed E-state index contributed by atoms with van der Waals surface area (Å²) >= 11 is 0. The number of ether oxygens (including phenoxy) is 1. The normalized spacial score (nSPS) is 13.7. The molecule has 1 aromatic heterocycles. The van der Waals surface area contributed by atoms with Crippen LogP contribution in [0.3, 0.4) is 0 Å². The second-order valence-corrected chi connectivity index (χ2v) is 4.88. The Kier molecular flexibility index (Phi) is 5.11. The third-order valence-corrected chi connectivity index (χ3v) is 3.24. The summed E-state index contributed by atoms with van der Waals surface area (Å²) in [5.41, 5.74) is 2.00. The highest BCUT2D eigenvalue weighted by molar-refractivity contribution is 5.80. The van der Waals surface area contributed by atoms with Crippen molar-refractivity contribution in [2.45, 2.75) is 32.9 Å². The van der Waals surface area contributed by atoms with Crippen LogP contribution in [0.4, 0.5) is 0 Å². The second kappa shape index (κ2) is 7.04. The van der Waals surface area contributed by atoms with Crippen LogP contribution in [0, 0.1) is 0 Å². The monoisotopic (exact) mass is 287 g/mol. The van der Waals surface area contributed by atoms with Crippen LogP contribution in [0.25, 0.3) is 11.3 Å². The van der Waals surface area contributed by atoms with Gasteiger partial charge in [0.2, 0.25) is 5.91 Å². The van der Waals surface area contributed by atoms with Gasteiger partial charge in [0.15, 0.2) is 0 Å². The van der Waals surface area contributed by atoms with E-state index in [-0.39, 0.29) is 11.9 Å². The number of rotatable bonds is 6. The van der Waals surface area contributed by atoms with Gasteiger partial charge in [0, 0.05) is 6.61 Å². The molecule has 5 heteroatoms. The molecule has 5 nitrogen and oxygen atoms in total. The Morgan fingerprint density at radius 3 is 2.71 bits per heavy atom. The van der Waals surface area contributed by atoms with Crippen LogP contribution in [0.5, 0.6) is 0 Å². The van der Waals surface area contributed by atoms with Crippen molar-refractivity contribution < 1.29 is 9.53 Å². The summed E-state index contributed by atoms with van der Waals surface area (Å²) in [7, 11) is 0. The summed E-state index contributed by atoms with van der Waals surface area (Å²) in [5, 5.41) is 2.89. The minimum Gasteiger partial charge on any atom is -0.369 e. The summed E-state index contributed by atoms with van der Waals surface area (Å²) in [6.07, 6.45) is 1.32. The Morgan fingerprint density at radius 2 is 2.05 bits per heavy atom. The lowest BCUT2D eigenvalue weighted by Gasteiger charge is -2.16. The Bertz CT molecular complexity index is 580. The Labute approximate surface area is 124 Å². The maximum Gasteiger partial charge on any atom is 0.249 e. The highest BCUT2D eigenvalue weighted by Gasteiger charge is 2.18. The molecule has 0 aliphatic rings. The maximum atomic E-state index is 11.9. The van der Waals surface area contributed by atoms with Gasteiger partial charge < -0.3 is 15.0 Å². The predicted octanol–water partition coefficient (Wildman–Crippen LogP) is 2.68. The molecule has 0 saturated heterocycles. The molecule has 21 heavy (non-hydrogen) atoms. The summed E-state index contributed by atoms with van der Waals surface area (Å²) < 4.78 is 5.27. The van der Waals surface area contributed by atoms with Crippen LogP contribution in [-0.4, -0.2) is 28.6 Å². The van der Waals surface area contributed by atoms with E-state index in [1.54, 1.807) is 13.1 Å². The highest BCUT2D eigenvalue weighted by atomic mass is 16.5. The van der Waals surface area contributed by atoms with E-state index in [1.165, 1.54) is 0 Å².